The van der Waals surface area contributed by atoms with Crippen molar-refractivity contribution in [3.05, 3.63) is 35.4 Å². The van der Waals surface area contributed by atoms with E-state index in [1.54, 1.807) is 0 Å². The predicted octanol–water partition coefficient (Wildman–Crippen LogP) is 1.83. The number of benzene rings is 1. The lowest BCUT2D eigenvalue weighted by Crippen LogP contribution is -2.54. The van der Waals surface area contributed by atoms with E-state index < -0.39 is 11.2 Å². The maximum absolute atomic E-state index is 13.7. The molecule has 0 bridgehead atoms. The Morgan fingerprint density at radius 3 is 2.62 bits per heavy atom. The van der Waals surface area contributed by atoms with Gasteiger partial charge in [-0.15, -0.1) is 0 Å². The van der Waals surface area contributed by atoms with Crippen LogP contribution < -0.4 is 5.73 Å². The van der Waals surface area contributed by atoms with Gasteiger partial charge in [-0.3, -0.25) is 0 Å². The molecule has 4 heteroatoms. The molecule has 1 aliphatic heterocycles. The Balaban J connectivity index is 2.44. The summed E-state index contributed by atoms with van der Waals surface area (Å²) >= 11 is 0. The van der Waals surface area contributed by atoms with E-state index in [4.69, 9.17) is 10.5 Å². The maximum Gasteiger partial charge on any atom is 0.127 e. The largest absolute Gasteiger partial charge is 0.379 e. The van der Waals surface area contributed by atoms with Crippen LogP contribution in [0.3, 0.4) is 0 Å². The normalized spacial score (nSPS) is 20.2. The van der Waals surface area contributed by atoms with Crippen LogP contribution in [0.2, 0.25) is 0 Å². The molecule has 2 rings (SSSR count). The Bertz CT molecular complexity index is 391. The molecule has 2 N–H and O–H groups in total. The van der Waals surface area contributed by atoms with Crippen molar-refractivity contribution >= 4 is 0 Å². The van der Waals surface area contributed by atoms with E-state index in [2.05, 4.69) is 0 Å². The first-order valence-electron chi connectivity index (χ1n) is 5.33. The van der Waals surface area contributed by atoms with Gasteiger partial charge in [0.05, 0.1) is 13.2 Å². The molecule has 0 aromatic heterocycles. The van der Waals surface area contributed by atoms with E-state index in [1.165, 1.54) is 6.07 Å². The van der Waals surface area contributed by atoms with Crippen LogP contribution in [0.25, 0.3) is 0 Å². The van der Waals surface area contributed by atoms with Crippen LogP contribution in [0.15, 0.2) is 18.2 Å². The van der Waals surface area contributed by atoms with Crippen molar-refractivity contribution in [2.45, 2.75) is 12.3 Å². The second-order valence-electron chi connectivity index (χ2n) is 4.41. The summed E-state index contributed by atoms with van der Waals surface area (Å²) in [5.41, 5.74) is 5.55. The van der Waals surface area contributed by atoms with Crippen LogP contribution in [0.5, 0.6) is 0 Å². The SMILES string of the molecule is CC(CN)C1(c2cc(F)ccc2F)COC1. The van der Waals surface area contributed by atoms with Crippen LogP contribution >= 0.6 is 0 Å². The lowest BCUT2D eigenvalue weighted by atomic mass is 9.69. The molecular weight excluding hydrogens is 212 g/mol. The van der Waals surface area contributed by atoms with E-state index >= 15 is 0 Å². The second kappa shape index (κ2) is 4.11. The molecule has 1 aromatic carbocycles. The topological polar surface area (TPSA) is 35.2 Å². The molecule has 1 aliphatic rings. The van der Waals surface area contributed by atoms with Gasteiger partial charge in [-0.1, -0.05) is 6.92 Å². The third-order valence-corrected chi connectivity index (χ3v) is 3.48. The van der Waals surface area contributed by atoms with Crippen molar-refractivity contribution in [3.63, 3.8) is 0 Å². The summed E-state index contributed by atoms with van der Waals surface area (Å²) < 4.78 is 32.1. The quantitative estimate of drug-likeness (QED) is 0.855. The first-order valence-corrected chi connectivity index (χ1v) is 5.33. The Kier molecular flexibility index (Phi) is 2.95. The van der Waals surface area contributed by atoms with Crippen LogP contribution in [-0.2, 0) is 10.2 Å². The molecule has 88 valence electrons. The van der Waals surface area contributed by atoms with Crippen LogP contribution in [0.1, 0.15) is 12.5 Å². The van der Waals surface area contributed by atoms with Crippen molar-refractivity contribution < 1.29 is 13.5 Å². The van der Waals surface area contributed by atoms with E-state index in [9.17, 15) is 8.78 Å². The molecule has 16 heavy (non-hydrogen) atoms. The zero-order valence-corrected chi connectivity index (χ0v) is 9.17. The molecular formula is C12H15F2NO. The van der Waals surface area contributed by atoms with Gasteiger partial charge in [-0.05, 0) is 30.7 Å². The van der Waals surface area contributed by atoms with Crippen molar-refractivity contribution in [2.24, 2.45) is 11.7 Å². The summed E-state index contributed by atoms with van der Waals surface area (Å²) in [6, 6.07) is 3.54. The zero-order valence-electron chi connectivity index (χ0n) is 9.17. The highest BCUT2D eigenvalue weighted by Gasteiger charge is 2.46. The van der Waals surface area contributed by atoms with Gasteiger partial charge in [0.15, 0.2) is 0 Å². The predicted molar refractivity (Wildman–Crippen MR) is 57.1 cm³/mol. The first-order chi connectivity index (χ1) is 7.60. The second-order valence-corrected chi connectivity index (χ2v) is 4.41. The number of hydrogen-bond acceptors (Lipinski definition) is 2. The highest BCUT2D eigenvalue weighted by atomic mass is 19.1. The molecule has 1 aromatic rings. The summed E-state index contributed by atoms with van der Waals surface area (Å²) in [6.45, 7) is 3.18. The number of rotatable bonds is 3. The number of ether oxygens (including phenoxy) is 1. The summed E-state index contributed by atoms with van der Waals surface area (Å²) in [5.74, 6) is -0.741. The van der Waals surface area contributed by atoms with Crippen LogP contribution in [0.4, 0.5) is 8.78 Å². The molecule has 1 fully saturated rings. The lowest BCUT2D eigenvalue weighted by molar-refractivity contribution is -0.0871. The van der Waals surface area contributed by atoms with Gasteiger partial charge >= 0.3 is 0 Å². The van der Waals surface area contributed by atoms with E-state index in [1.807, 2.05) is 6.92 Å². The molecule has 0 radical (unpaired) electrons. The average Bonchev–Trinajstić information content (AvgIpc) is 2.21. The van der Waals surface area contributed by atoms with Crippen molar-refractivity contribution in [1.82, 2.24) is 0 Å². The van der Waals surface area contributed by atoms with Crippen molar-refractivity contribution in [1.29, 1.82) is 0 Å². The third kappa shape index (κ3) is 1.62. The van der Waals surface area contributed by atoms with Crippen LogP contribution in [0, 0.1) is 17.6 Å². The van der Waals surface area contributed by atoms with E-state index in [-0.39, 0.29) is 11.7 Å². The smallest absolute Gasteiger partial charge is 0.127 e. The zero-order chi connectivity index (χ0) is 11.8. The minimum Gasteiger partial charge on any atom is -0.379 e. The molecule has 0 saturated carbocycles. The average molecular weight is 227 g/mol. The molecule has 0 amide bonds. The van der Waals surface area contributed by atoms with E-state index in [0.717, 1.165) is 12.1 Å². The molecule has 1 saturated heterocycles. The Labute approximate surface area is 93.4 Å². The van der Waals surface area contributed by atoms with Gasteiger partial charge in [-0.2, -0.15) is 0 Å². The first kappa shape index (κ1) is 11.5. The highest BCUT2D eigenvalue weighted by molar-refractivity contribution is 5.31. The van der Waals surface area contributed by atoms with Gasteiger partial charge in [0.1, 0.15) is 11.6 Å². The van der Waals surface area contributed by atoms with Gasteiger partial charge in [0, 0.05) is 11.0 Å². The molecule has 0 aliphatic carbocycles. The molecule has 1 unspecified atom stereocenters. The Morgan fingerprint density at radius 2 is 2.12 bits per heavy atom. The fourth-order valence-electron chi connectivity index (χ4n) is 2.13. The summed E-state index contributed by atoms with van der Waals surface area (Å²) in [5, 5.41) is 0. The Morgan fingerprint density at radius 1 is 1.44 bits per heavy atom. The third-order valence-electron chi connectivity index (χ3n) is 3.48. The van der Waals surface area contributed by atoms with Gasteiger partial charge < -0.3 is 10.5 Å². The van der Waals surface area contributed by atoms with Gasteiger partial charge in [0.25, 0.3) is 0 Å². The number of hydrogen-bond donors (Lipinski definition) is 1. The molecule has 1 heterocycles. The van der Waals surface area contributed by atoms with Crippen LogP contribution in [-0.4, -0.2) is 19.8 Å². The lowest BCUT2D eigenvalue weighted by Gasteiger charge is -2.46. The Hall–Kier alpha value is -1.00. The van der Waals surface area contributed by atoms with Gasteiger partial charge in [0.2, 0.25) is 0 Å². The molecule has 2 nitrogen and oxygen atoms in total. The number of nitrogens with two attached hydrogens (primary N) is 1. The maximum atomic E-state index is 13.7. The fourth-order valence-corrected chi connectivity index (χ4v) is 2.13. The van der Waals surface area contributed by atoms with Gasteiger partial charge in [-0.25, -0.2) is 8.78 Å². The molecule has 0 spiro atoms. The number of halogens is 2. The summed E-state index contributed by atoms with van der Waals surface area (Å²) in [7, 11) is 0. The van der Waals surface area contributed by atoms with E-state index in [0.29, 0.717) is 25.3 Å². The standard InChI is InChI=1S/C12H15F2NO/c1-8(5-15)12(6-16-7-12)10-4-9(13)2-3-11(10)14/h2-4,8H,5-7,15H2,1H3. The minimum atomic E-state index is -0.457. The fraction of sp³-hybridized carbons (Fsp3) is 0.500. The summed E-state index contributed by atoms with van der Waals surface area (Å²) in [6.07, 6.45) is 0. The highest BCUT2D eigenvalue weighted by Crippen LogP contribution is 2.40. The minimum absolute atomic E-state index is 0.0672. The van der Waals surface area contributed by atoms with Crippen molar-refractivity contribution in [3.8, 4) is 0 Å². The monoisotopic (exact) mass is 227 g/mol. The van der Waals surface area contributed by atoms with Crippen molar-refractivity contribution in [2.75, 3.05) is 19.8 Å². The molecule has 1 atom stereocenters. The summed E-state index contributed by atoms with van der Waals surface area (Å²) in [4.78, 5) is 0.